The predicted octanol–water partition coefficient (Wildman–Crippen LogP) is 10.3. The van der Waals surface area contributed by atoms with E-state index in [9.17, 15) is 5.11 Å². The molecule has 1 heterocycles. The van der Waals surface area contributed by atoms with Gasteiger partial charge in [-0.2, -0.15) is 0 Å². The maximum absolute atomic E-state index is 9.90. The van der Waals surface area contributed by atoms with Gasteiger partial charge in [0.25, 0.3) is 0 Å². The van der Waals surface area contributed by atoms with Crippen LogP contribution < -0.4 is 0 Å². The minimum atomic E-state index is 0.168. The molecule has 0 aliphatic carbocycles. The van der Waals surface area contributed by atoms with E-state index in [-0.39, 0.29) is 5.41 Å². The number of phenolic OH excluding ortho intramolecular Hbond substituents is 1. The molecule has 2 nitrogen and oxygen atoms in total. The molecule has 1 atom stereocenters. The summed E-state index contributed by atoms with van der Waals surface area (Å²) in [4.78, 5) is 3.75. The minimum absolute atomic E-state index is 0.168. The summed E-state index contributed by atoms with van der Waals surface area (Å²) in [6, 6.07) is 21.9. The lowest BCUT2D eigenvalue weighted by atomic mass is 9.69. The lowest BCUT2D eigenvalue weighted by Gasteiger charge is -2.35. The molecule has 1 aromatic heterocycles. The first kappa shape index (κ1) is 27.3. The lowest BCUT2D eigenvalue weighted by Crippen LogP contribution is -2.24. The zero-order chi connectivity index (χ0) is 26.6. The first-order chi connectivity index (χ1) is 17.7. The Hall–Kier alpha value is -2.74. The summed E-state index contributed by atoms with van der Waals surface area (Å²) in [5.74, 6) is 0.725. The van der Waals surface area contributed by atoms with E-state index in [0.717, 1.165) is 12.8 Å². The van der Waals surface area contributed by atoms with Crippen molar-refractivity contribution in [2.75, 3.05) is 0 Å². The predicted molar refractivity (Wildman–Crippen MR) is 161 cm³/mol. The highest BCUT2D eigenvalue weighted by atomic mass is 16.3. The third-order valence-electron chi connectivity index (χ3n) is 9.17. The van der Waals surface area contributed by atoms with E-state index in [1.54, 1.807) is 0 Å². The fourth-order valence-electron chi connectivity index (χ4n) is 6.03. The molecule has 0 aliphatic heterocycles. The Bertz CT molecular complexity index is 1310. The maximum atomic E-state index is 9.90. The average molecular weight is 498 g/mol. The third kappa shape index (κ3) is 6.22. The Morgan fingerprint density at radius 3 is 1.95 bits per heavy atom. The maximum Gasteiger partial charge on any atom is 0.115 e. The molecule has 2 N–H and O–H groups in total. The zero-order valence-corrected chi connectivity index (χ0v) is 24.0. The molecule has 4 rings (SSSR count). The number of nitrogens with one attached hydrogen (secondary N) is 1. The Morgan fingerprint density at radius 1 is 0.757 bits per heavy atom. The van der Waals surface area contributed by atoms with Crippen LogP contribution in [0.5, 0.6) is 5.75 Å². The van der Waals surface area contributed by atoms with Crippen molar-refractivity contribution in [1.29, 1.82) is 0 Å². The number of benzene rings is 3. The van der Waals surface area contributed by atoms with Crippen molar-refractivity contribution in [2.45, 2.75) is 98.8 Å². The normalized spacial score (nSPS) is 13.5. The van der Waals surface area contributed by atoms with Crippen molar-refractivity contribution < 1.29 is 5.11 Å². The van der Waals surface area contributed by atoms with Gasteiger partial charge in [-0.05, 0) is 77.0 Å². The van der Waals surface area contributed by atoms with Gasteiger partial charge in [-0.15, -0.1) is 0 Å². The number of fused-ring (bicyclic) bond motifs is 3. The van der Waals surface area contributed by atoms with Gasteiger partial charge in [0.2, 0.25) is 0 Å². The van der Waals surface area contributed by atoms with Crippen LogP contribution in [0.25, 0.3) is 21.8 Å². The van der Waals surface area contributed by atoms with Crippen LogP contribution in [0.3, 0.4) is 0 Å². The lowest BCUT2D eigenvalue weighted by molar-refractivity contribution is 0.250. The van der Waals surface area contributed by atoms with Crippen LogP contribution in [-0.2, 0) is 12.8 Å². The van der Waals surface area contributed by atoms with Crippen LogP contribution >= 0.6 is 0 Å². The van der Waals surface area contributed by atoms with Crippen molar-refractivity contribution >= 4 is 21.8 Å². The first-order valence-electron chi connectivity index (χ1n) is 14.5. The monoisotopic (exact) mass is 497 g/mol. The van der Waals surface area contributed by atoms with Crippen LogP contribution in [0.1, 0.15) is 103 Å². The third-order valence-corrected chi connectivity index (χ3v) is 9.17. The highest BCUT2D eigenvalue weighted by molar-refractivity contribution is 6.07. The van der Waals surface area contributed by atoms with Crippen molar-refractivity contribution in [3.63, 3.8) is 0 Å². The molecule has 37 heavy (non-hydrogen) atoms. The van der Waals surface area contributed by atoms with E-state index in [1.165, 1.54) is 77.0 Å². The second-order valence-electron chi connectivity index (χ2n) is 12.4. The largest absolute Gasteiger partial charge is 0.508 e. The highest BCUT2D eigenvalue weighted by Gasteiger charge is 2.30. The second-order valence-corrected chi connectivity index (χ2v) is 12.4. The summed E-state index contributed by atoms with van der Waals surface area (Å²) in [6.45, 7) is 14.1. The Labute approximate surface area is 224 Å². The van der Waals surface area contributed by atoms with Crippen molar-refractivity contribution in [1.82, 2.24) is 4.98 Å². The Balaban J connectivity index is 1.65. The SMILES string of the molecule is CCCCCC(C)(C)C(Cc1ccc2c(c1)[nH]c1cc(CC(C)(CC)CC)ccc12)c1ccc(O)cc1. The van der Waals surface area contributed by atoms with Gasteiger partial charge in [0.05, 0.1) is 0 Å². The van der Waals surface area contributed by atoms with Crippen LogP contribution in [0.2, 0.25) is 0 Å². The standard InChI is InChI=1S/C35H47NO/c1-7-10-11-20-34(4,5)31(27-14-16-28(37)17-15-27)21-25-12-18-29-30-19-13-26(24-35(6,8-2)9-3)23-33(30)36-32(29)22-25/h12-19,22-23,31,36-37H,7-11,20-21,24H2,1-6H3. The molecule has 0 saturated carbocycles. The number of hydrogen-bond donors (Lipinski definition) is 2. The molecule has 0 amide bonds. The number of aromatic amines is 1. The van der Waals surface area contributed by atoms with Crippen molar-refractivity contribution in [3.8, 4) is 5.75 Å². The summed E-state index contributed by atoms with van der Waals surface area (Å²) in [6.07, 6.45) is 9.51. The summed E-state index contributed by atoms with van der Waals surface area (Å²) in [7, 11) is 0. The quantitative estimate of drug-likeness (QED) is 0.188. The number of H-pyrrole nitrogens is 1. The Kier molecular flexibility index (Phi) is 8.36. The fourth-order valence-corrected chi connectivity index (χ4v) is 6.03. The van der Waals surface area contributed by atoms with E-state index in [0.29, 0.717) is 17.1 Å². The highest BCUT2D eigenvalue weighted by Crippen LogP contribution is 2.43. The smallest absolute Gasteiger partial charge is 0.115 e. The van der Waals surface area contributed by atoms with Crippen LogP contribution in [0, 0.1) is 10.8 Å². The van der Waals surface area contributed by atoms with Gasteiger partial charge in [-0.3, -0.25) is 0 Å². The summed E-state index contributed by atoms with van der Waals surface area (Å²) in [5, 5.41) is 12.5. The number of unbranched alkanes of at least 4 members (excludes halogenated alkanes) is 2. The van der Waals surface area contributed by atoms with E-state index in [2.05, 4.69) is 95.1 Å². The summed E-state index contributed by atoms with van der Waals surface area (Å²) in [5.41, 5.74) is 7.11. The van der Waals surface area contributed by atoms with Gasteiger partial charge in [0.15, 0.2) is 0 Å². The fraction of sp³-hybridized carbons (Fsp3) is 0.486. The van der Waals surface area contributed by atoms with Crippen molar-refractivity contribution in [2.24, 2.45) is 10.8 Å². The zero-order valence-electron chi connectivity index (χ0n) is 24.0. The van der Waals surface area contributed by atoms with Gasteiger partial charge in [-0.1, -0.05) is 110 Å². The molecular formula is C35H47NO. The van der Waals surface area contributed by atoms with Gasteiger partial charge in [0, 0.05) is 21.8 Å². The molecule has 0 fully saturated rings. The molecular weight excluding hydrogens is 450 g/mol. The Morgan fingerprint density at radius 2 is 1.35 bits per heavy atom. The number of phenols is 1. The average Bonchev–Trinajstić information content (AvgIpc) is 3.24. The molecule has 2 heteroatoms. The van der Waals surface area contributed by atoms with Crippen LogP contribution in [-0.4, -0.2) is 10.1 Å². The van der Waals surface area contributed by atoms with E-state index >= 15 is 0 Å². The number of aromatic nitrogens is 1. The molecule has 3 aromatic carbocycles. The van der Waals surface area contributed by atoms with E-state index < -0.39 is 0 Å². The van der Waals surface area contributed by atoms with Gasteiger partial charge < -0.3 is 10.1 Å². The molecule has 0 radical (unpaired) electrons. The van der Waals surface area contributed by atoms with Gasteiger partial charge >= 0.3 is 0 Å². The first-order valence-corrected chi connectivity index (χ1v) is 14.5. The minimum Gasteiger partial charge on any atom is -0.508 e. The topological polar surface area (TPSA) is 36.0 Å². The van der Waals surface area contributed by atoms with E-state index in [1.807, 2.05) is 12.1 Å². The molecule has 0 aliphatic rings. The molecule has 198 valence electrons. The number of rotatable bonds is 12. The van der Waals surface area contributed by atoms with Gasteiger partial charge in [-0.25, -0.2) is 0 Å². The molecule has 4 aromatic rings. The molecule has 0 bridgehead atoms. The van der Waals surface area contributed by atoms with E-state index in [4.69, 9.17) is 0 Å². The van der Waals surface area contributed by atoms with Gasteiger partial charge in [0.1, 0.15) is 5.75 Å². The number of aromatic hydroxyl groups is 1. The molecule has 0 spiro atoms. The molecule has 0 saturated heterocycles. The summed E-state index contributed by atoms with van der Waals surface area (Å²) < 4.78 is 0. The van der Waals surface area contributed by atoms with Crippen LogP contribution in [0.4, 0.5) is 0 Å². The number of hydrogen-bond acceptors (Lipinski definition) is 1. The summed E-state index contributed by atoms with van der Waals surface area (Å²) >= 11 is 0. The van der Waals surface area contributed by atoms with Crippen LogP contribution in [0.15, 0.2) is 60.7 Å². The molecule has 1 unspecified atom stereocenters. The van der Waals surface area contributed by atoms with Crippen molar-refractivity contribution in [3.05, 3.63) is 77.4 Å². The second kappa shape index (κ2) is 11.3.